The van der Waals surface area contributed by atoms with Gasteiger partial charge in [0.1, 0.15) is 0 Å². The summed E-state index contributed by atoms with van der Waals surface area (Å²) < 4.78 is 24.1. The molecular formula is C42H48O10Sn. The number of hydrogen-bond acceptors (Lipinski definition) is 10. The van der Waals surface area contributed by atoms with Gasteiger partial charge in [-0.2, -0.15) is 0 Å². The molecule has 0 aliphatic heterocycles. The summed E-state index contributed by atoms with van der Waals surface area (Å²) in [5.41, 5.74) is 2.74. The van der Waals surface area contributed by atoms with E-state index < -0.39 is 80.3 Å². The molecular weight excluding hydrogens is 783 g/mol. The van der Waals surface area contributed by atoms with Crippen LogP contribution in [0.15, 0.2) is 121 Å². The van der Waals surface area contributed by atoms with Gasteiger partial charge in [-0.25, -0.2) is 0 Å². The Morgan fingerprint density at radius 3 is 1.06 bits per heavy atom. The first-order valence-electron chi connectivity index (χ1n) is 18.0. The summed E-state index contributed by atoms with van der Waals surface area (Å²) in [7, 11) is 0. The van der Waals surface area contributed by atoms with Crippen molar-refractivity contribution in [3.05, 3.63) is 144 Å². The fraction of sp³-hybridized carbons (Fsp3) is 0.333. The molecule has 0 saturated carbocycles. The van der Waals surface area contributed by atoms with Gasteiger partial charge in [0.15, 0.2) is 0 Å². The van der Waals surface area contributed by atoms with Crippen LogP contribution in [0, 0.1) is 0 Å². The van der Waals surface area contributed by atoms with E-state index in [-0.39, 0.29) is 0 Å². The van der Waals surface area contributed by atoms with Crippen LogP contribution in [0.4, 0.5) is 0 Å². The van der Waals surface area contributed by atoms with Crippen molar-refractivity contribution in [3.63, 3.8) is 0 Å². The van der Waals surface area contributed by atoms with Crippen LogP contribution in [0.5, 0.6) is 0 Å². The number of aliphatic hydroxyl groups excluding tert-OH is 2. The zero-order valence-corrected chi connectivity index (χ0v) is 33.0. The predicted octanol–water partition coefficient (Wildman–Crippen LogP) is 7.28. The second-order valence-corrected chi connectivity index (χ2v) is 22.0. The molecule has 0 spiro atoms. The molecule has 0 fully saturated rings. The average molecular weight is 832 g/mol. The number of carbonyl (C=O) groups excluding carboxylic acids is 4. The van der Waals surface area contributed by atoms with Gasteiger partial charge >= 0.3 is 317 Å². The van der Waals surface area contributed by atoms with E-state index in [0.717, 1.165) is 12.8 Å². The summed E-state index contributed by atoms with van der Waals surface area (Å²) in [6, 6.07) is 36.2. The third kappa shape index (κ3) is 12.8. The molecule has 2 N–H and O–H groups in total. The summed E-state index contributed by atoms with van der Waals surface area (Å²) in [5.74, 6) is -3.81. The van der Waals surface area contributed by atoms with E-state index in [9.17, 15) is 29.4 Å². The molecule has 4 aromatic carbocycles. The van der Waals surface area contributed by atoms with Gasteiger partial charge in [-0.15, -0.1) is 0 Å². The molecule has 0 heterocycles. The van der Waals surface area contributed by atoms with Crippen molar-refractivity contribution in [2.75, 3.05) is 0 Å². The molecule has 280 valence electrons. The number of ether oxygens (including phenoxy) is 2. The molecule has 2 unspecified atom stereocenters. The van der Waals surface area contributed by atoms with Crippen molar-refractivity contribution in [1.29, 1.82) is 0 Å². The van der Waals surface area contributed by atoms with E-state index in [0.29, 0.717) is 44.0 Å². The fourth-order valence-electron chi connectivity index (χ4n) is 5.78. The molecule has 0 radical (unpaired) electrons. The van der Waals surface area contributed by atoms with E-state index in [4.69, 9.17) is 15.6 Å². The monoisotopic (exact) mass is 832 g/mol. The molecule has 11 heteroatoms. The molecule has 10 nitrogen and oxygen atoms in total. The van der Waals surface area contributed by atoms with Crippen LogP contribution < -0.4 is 0 Å². The molecule has 4 aromatic rings. The molecule has 4 rings (SSSR count). The Morgan fingerprint density at radius 1 is 0.509 bits per heavy atom. The van der Waals surface area contributed by atoms with E-state index in [1.54, 1.807) is 48.5 Å². The van der Waals surface area contributed by atoms with E-state index >= 15 is 0 Å². The van der Waals surface area contributed by atoms with Gasteiger partial charge in [0.05, 0.1) is 0 Å². The van der Waals surface area contributed by atoms with Gasteiger partial charge in [-0.05, 0) is 0 Å². The predicted molar refractivity (Wildman–Crippen MR) is 200 cm³/mol. The Balaban J connectivity index is 1.43. The standard InChI is InChI=1S/2C17H16O5.2C4H9.Sn/c2*18-14(11-15(19)20)17(21)22-16(12-7-3-1-4-8-12)13-9-5-2-6-10-13;2*1-3-4-2;/h2*1-10,14,16,18H,11H2,(H,19,20);2*1,3-4H2,2H3;/q;;;;+2/p-2. The second-order valence-electron chi connectivity index (χ2n) is 12.8. The summed E-state index contributed by atoms with van der Waals surface area (Å²) in [6.45, 7) is 3.90. The van der Waals surface area contributed by atoms with Crippen LogP contribution in [0.2, 0.25) is 8.87 Å². The summed E-state index contributed by atoms with van der Waals surface area (Å²) in [4.78, 5) is 53.0. The van der Waals surface area contributed by atoms with Crippen molar-refractivity contribution in [3.8, 4) is 0 Å². The Bertz CT molecular complexity index is 1510. The van der Waals surface area contributed by atoms with Crippen LogP contribution in [-0.2, 0) is 34.8 Å². The Hall–Kier alpha value is -4.52. The number of rotatable bonds is 20. The summed E-state index contributed by atoms with van der Waals surface area (Å²) in [6.07, 6.45) is -4.09. The normalized spacial score (nSPS) is 12.5. The molecule has 2 atom stereocenters. The SMILES string of the molecule is CCC[CH2][Sn]([CH2]CCC)([O]C(=O)CC(O)C(=O)OC(c1ccccc1)c1ccccc1)[O]C(=O)CC(O)C(=O)OC(c1ccccc1)c1ccccc1. The first-order chi connectivity index (χ1) is 25.6. The van der Waals surface area contributed by atoms with Crippen LogP contribution in [0.1, 0.15) is 86.8 Å². The van der Waals surface area contributed by atoms with Gasteiger partial charge in [0, 0.05) is 0 Å². The molecule has 0 aromatic heterocycles. The molecule has 53 heavy (non-hydrogen) atoms. The van der Waals surface area contributed by atoms with Crippen molar-refractivity contribution in [2.24, 2.45) is 0 Å². The number of hydrogen-bond donors (Lipinski definition) is 2. The van der Waals surface area contributed by atoms with Gasteiger partial charge in [0.2, 0.25) is 0 Å². The minimum absolute atomic E-state index is 0.331. The topological polar surface area (TPSA) is 146 Å². The minimum atomic E-state index is -4.64. The third-order valence-corrected chi connectivity index (χ3v) is 18.4. The maximum absolute atomic E-state index is 13.4. The van der Waals surface area contributed by atoms with E-state index in [1.165, 1.54) is 0 Å². The number of unbranched alkanes of at least 4 members (excludes halogenated alkanes) is 2. The summed E-state index contributed by atoms with van der Waals surface area (Å²) >= 11 is -4.64. The molecule has 0 saturated heterocycles. The fourth-order valence-corrected chi connectivity index (χ4v) is 15.7. The first kappa shape index (κ1) is 41.2. The molecule has 0 amide bonds. The van der Waals surface area contributed by atoms with Gasteiger partial charge < -0.3 is 0 Å². The zero-order valence-electron chi connectivity index (χ0n) is 30.2. The average Bonchev–Trinajstić information content (AvgIpc) is 3.18. The van der Waals surface area contributed by atoms with Crippen LogP contribution in [0.25, 0.3) is 0 Å². The Kier molecular flexibility index (Phi) is 16.5. The second kappa shape index (κ2) is 21.2. The van der Waals surface area contributed by atoms with Crippen molar-refractivity contribution >= 4 is 43.1 Å². The Morgan fingerprint density at radius 2 is 0.792 bits per heavy atom. The number of carbonyl (C=O) groups is 4. The van der Waals surface area contributed by atoms with E-state index in [1.807, 2.05) is 86.6 Å². The van der Waals surface area contributed by atoms with Gasteiger partial charge in [0.25, 0.3) is 0 Å². The van der Waals surface area contributed by atoms with Crippen molar-refractivity contribution in [2.45, 2.75) is 85.7 Å². The molecule has 0 bridgehead atoms. The number of esters is 2. The quantitative estimate of drug-likeness (QED) is 0.0689. The van der Waals surface area contributed by atoms with Crippen molar-refractivity contribution in [1.82, 2.24) is 0 Å². The van der Waals surface area contributed by atoms with Crippen LogP contribution in [-0.4, -0.2) is 65.5 Å². The third-order valence-electron chi connectivity index (χ3n) is 8.56. The molecule has 0 aliphatic rings. The number of benzene rings is 4. The summed E-state index contributed by atoms with van der Waals surface area (Å²) in [5, 5.41) is 21.7. The van der Waals surface area contributed by atoms with Gasteiger partial charge in [-0.3, -0.25) is 0 Å². The van der Waals surface area contributed by atoms with Crippen LogP contribution in [0.3, 0.4) is 0 Å². The Labute approximate surface area is 316 Å². The van der Waals surface area contributed by atoms with Crippen LogP contribution >= 0.6 is 0 Å². The molecule has 0 aliphatic carbocycles. The van der Waals surface area contributed by atoms with E-state index in [2.05, 4.69) is 0 Å². The van der Waals surface area contributed by atoms with Crippen molar-refractivity contribution < 1.29 is 45.0 Å². The van der Waals surface area contributed by atoms with Gasteiger partial charge in [-0.1, -0.05) is 0 Å². The number of aliphatic hydroxyl groups is 2. The zero-order chi connectivity index (χ0) is 38.1. The maximum atomic E-state index is 13.4. The first-order valence-corrected chi connectivity index (χ1v) is 24.4.